The summed E-state index contributed by atoms with van der Waals surface area (Å²) in [6.45, 7) is 3.08. The van der Waals surface area contributed by atoms with Crippen molar-refractivity contribution in [2.24, 2.45) is 0 Å². The largest absolute Gasteiger partial charge is 0.394 e. The Morgan fingerprint density at radius 3 is 1.42 bits per heavy atom. The van der Waals surface area contributed by atoms with E-state index >= 15 is 0 Å². The van der Waals surface area contributed by atoms with E-state index in [9.17, 15) is 5.11 Å². The molecule has 0 unspecified atom stereocenters. The second-order valence-corrected chi connectivity index (χ2v) is 8.35. The SMILES string of the molecule is C[C@@H]1O[C@H](CO)[C@@H](OCc2ccccc2)[C@H](OCc2ccccc2)[C@H]1OCc1ccccc1. The molecule has 1 N–H and O–H groups in total. The molecule has 0 aromatic heterocycles. The van der Waals surface area contributed by atoms with Crippen molar-refractivity contribution in [2.45, 2.75) is 57.3 Å². The first kappa shape index (κ1) is 23.6. The Morgan fingerprint density at radius 2 is 1.00 bits per heavy atom. The topological polar surface area (TPSA) is 57.2 Å². The third-order valence-corrected chi connectivity index (χ3v) is 5.90. The lowest BCUT2D eigenvalue weighted by Crippen LogP contribution is -2.60. The van der Waals surface area contributed by atoms with Crippen molar-refractivity contribution >= 4 is 0 Å². The van der Waals surface area contributed by atoms with Gasteiger partial charge in [0, 0.05) is 0 Å². The van der Waals surface area contributed by atoms with Crippen molar-refractivity contribution < 1.29 is 24.1 Å². The highest BCUT2D eigenvalue weighted by atomic mass is 16.6. The summed E-state index contributed by atoms with van der Waals surface area (Å²) >= 11 is 0. The van der Waals surface area contributed by atoms with E-state index < -0.39 is 18.3 Å². The summed E-state index contributed by atoms with van der Waals surface area (Å²) in [7, 11) is 0. The lowest BCUT2D eigenvalue weighted by atomic mass is 9.94. The fourth-order valence-corrected chi connectivity index (χ4v) is 4.17. The van der Waals surface area contributed by atoms with Crippen LogP contribution in [0.4, 0.5) is 0 Å². The molecule has 0 bridgehead atoms. The zero-order valence-electron chi connectivity index (χ0n) is 19.0. The van der Waals surface area contributed by atoms with Crippen molar-refractivity contribution in [2.75, 3.05) is 6.61 Å². The Hall–Kier alpha value is -2.54. The minimum absolute atomic E-state index is 0.152. The number of aliphatic hydroxyl groups is 1. The van der Waals surface area contributed by atoms with Crippen LogP contribution in [-0.4, -0.2) is 42.2 Å². The molecule has 1 aliphatic heterocycles. The molecule has 4 rings (SSSR count). The molecule has 1 fully saturated rings. The van der Waals surface area contributed by atoms with E-state index in [1.807, 2.05) is 97.9 Å². The summed E-state index contributed by atoms with van der Waals surface area (Å²) in [5.41, 5.74) is 3.20. The van der Waals surface area contributed by atoms with Gasteiger partial charge in [-0.2, -0.15) is 0 Å². The third-order valence-electron chi connectivity index (χ3n) is 5.90. The fraction of sp³-hybridized carbons (Fsp3) is 0.357. The van der Waals surface area contributed by atoms with Gasteiger partial charge in [-0.3, -0.25) is 0 Å². The van der Waals surface area contributed by atoms with Gasteiger partial charge in [-0.15, -0.1) is 0 Å². The highest BCUT2D eigenvalue weighted by Gasteiger charge is 2.46. The molecular formula is C28H32O5. The maximum Gasteiger partial charge on any atom is 0.115 e. The maximum absolute atomic E-state index is 10.1. The Balaban J connectivity index is 1.53. The van der Waals surface area contributed by atoms with Gasteiger partial charge < -0.3 is 24.1 Å². The Morgan fingerprint density at radius 1 is 0.606 bits per heavy atom. The van der Waals surface area contributed by atoms with Crippen molar-refractivity contribution in [3.8, 4) is 0 Å². The second kappa shape index (κ2) is 12.1. The number of benzene rings is 3. The van der Waals surface area contributed by atoms with Gasteiger partial charge in [0.2, 0.25) is 0 Å². The van der Waals surface area contributed by atoms with Crippen LogP contribution in [0, 0.1) is 0 Å². The van der Waals surface area contributed by atoms with Crippen molar-refractivity contribution in [1.29, 1.82) is 0 Å². The minimum Gasteiger partial charge on any atom is -0.394 e. The maximum atomic E-state index is 10.1. The fourth-order valence-electron chi connectivity index (χ4n) is 4.17. The molecule has 174 valence electrons. The molecule has 1 saturated heterocycles. The molecule has 1 heterocycles. The molecular weight excluding hydrogens is 416 g/mol. The average Bonchev–Trinajstić information content (AvgIpc) is 2.87. The van der Waals surface area contributed by atoms with Gasteiger partial charge in [-0.05, 0) is 23.6 Å². The van der Waals surface area contributed by atoms with E-state index in [1.54, 1.807) is 0 Å². The number of rotatable bonds is 10. The molecule has 0 saturated carbocycles. The van der Waals surface area contributed by atoms with Gasteiger partial charge in [-0.1, -0.05) is 91.0 Å². The van der Waals surface area contributed by atoms with Gasteiger partial charge in [0.25, 0.3) is 0 Å². The Labute approximate surface area is 195 Å². The van der Waals surface area contributed by atoms with Crippen molar-refractivity contribution in [3.63, 3.8) is 0 Å². The number of ether oxygens (including phenoxy) is 4. The van der Waals surface area contributed by atoms with Crippen LogP contribution in [0.1, 0.15) is 23.6 Å². The van der Waals surface area contributed by atoms with Gasteiger partial charge in [0.1, 0.15) is 24.4 Å². The molecule has 3 aromatic rings. The quantitative estimate of drug-likeness (QED) is 0.494. The molecule has 3 aromatic carbocycles. The first-order valence-electron chi connectivity index (χ1n) is 11.5. The molecule has 5 heteroatoms. The van der Waals surface area contributed by atoms with Crippen molar-refractivity contribution in [1.82, 2.24) is 0 Å². The molecule has 0 radical (unpaired) electrons. The summed E-state index contributed by atoms with van der Waals surface area (Å²) in [5, 5.41) is 10.1. The predicted octanol–water partition coefficient (Wildman–Crippen LogP) is 4.52. The lowest BCUT2D eigenvalue weighted by molar-refractivity contribution is -0.266. The monoisotopic (exact) mass is 448 g/mol. The van der Waals surface area contributed by atoms with E-state index in [-0.39, 0.29) is 18.8 Å². The Kier molecular flexibility index (Phi) is 8.64. The summed E-state index contributed by atoms with van der Waals surface area (Å²) in [6, 6.07) is 30.1. The summed E-state index contributed by atoms with van der Waals surface area (Å²) in [6.07, 6.45) is -1.99. The van der Waals surface area contributed by atoms with Gasteiger partial charge in [-0.25, -0.2) is 0 Å². The van der Waals surface area contributed by atoms with Gasteiger partial charge >= 0.3 is 0 Å². The Bertz CT molecular complexity index is 934. The minimum atomic E-state index is -0.499. The van der Waals surface area contributed by atoms with Crippen LogP contribution < -0.4 is 0 Å². The van der Waals surface area contributed by atoms with Crippen LogP contribution in [0.3, 0.4) is 0 Å². The van der Waals surface area contributed by atoms with Crippen LogP contribution in [0.5, 0.6) is 0 Å². The normalized spacial score (nSPS) is 25.1. The van der Waals surface area contributed by atoms with Crippen LogP contribution in [0.15, 0.2) is 91.0 Å². The van der Waals surface area contributed by atoms with E-state index in [0.29, 0.717) is 19.8 Å². The molecule has 0 aliphatic carbocycles. The first-order valence-corrected chi connectivity index (χ1v) is 11.5. The van der Waals surface area contributed by atoms with E-state index in [0.717, 1.165) is 16.7 Å². The third kappa shape index (κ3) is 6.50. The van der Waals surface area contributed by atoms with E-state index in [2.05, 4.69) is 0 Å². The highest BCUT2D eigenvalue weighted by Crippen LogP contribution is 2.30. The molecule has 0 amide bonds. The summed E-state index contributed by atoms with van der Waals surface area (Å²) < 4.78 is 25.2. The summed E-state index contributed by atoms with van der Waals surface area (Å²) in [5.74, 6) is 0. The van der Waals surface area contributed by atoms with Crippen LogP contribution in [-0.2, 0) is 38.8 Å². The van der Waals surface area contributed by atoms with Crippen LogP contribution in [0.25, 0.3) is 0 Å². The highest BCUT2D eigenvalue weighted by molar-refractivity contribution is 5.15. The molecule has 5 nitrogen and oxygen atoms in total. The number of aliphatic hydroxyl groups excluding tert-OH is 1. The second-order valence-electron chi connectivity index (χ2n) is 8.35. The smallest absolute Gasteiger partial charge is 0.115 e. The number of hydrogen-bond acceptors (Lipinski definition) is 5. The zero-order chi connectivity index (χ0) is 22.9. The first-order chi connectivity index (χ1) is 16.2. The lowest BCUT2D eigenvalue weighted by Gasteiger charge is -2.45. The standard InChI is InChI=1S/C28H32O5/c1-21-26(30-18-22-11-5-2-6-12-22)28(32-20-24-15-9-4-10-16-24)27(25(17-29)33-21)31-19-23-13-7-3-8-14-23/h2-16,21,25-29H,17-20H2,1H3/t21-,25+,26-,27+,28+/m0/s1. The van der Waals surface area contributed by atoms with E-state index in [1.165, 1.54) is 0 Å². The molecule has 33 heavy (non-hydrogen) atoms. The van der Waals surface area contributed by atoms with E-state index in [4.69, 9.17) is 18.9 Å². The summed E-state index contributed by atoms with van der Waals surface area (Å²) in [4.78, 5) is 0. The van der Waals surface area contributed by atoms with Crippen LogP contribution in [0.2, 0.25) is 0 Å². The van der Waals surface area contributed by atoms with Gasteiger partial charge in [0.05, 0.1) is 32.5 Å². The van der Waals surface area contributed by atoms with Crippen LogP contribution >= 0.6 is 0 Å². The predicted molar refractivity (Wildman–Crippen MR) is 126 cm³/mol. The molecule has 5 atom stereocenters. The molecule has 1 aliphatic rings. The number of hydrogen-bond donors (Lipinski definition) is 1. The van der Waals surface area contributed by atoms with Gasteiger partial charge in [0.15, 0.2) is 0 Å². The average molecular weight is 449 g/mol. The zero-order valence-corrected chi connectivity index (χ0v) is 19.0. The molecule has 0 spiro atoms. The van der Waals surface area contributed by atoms with Crippen molar-refractivity contribution in [3.05, 3.63) is 108 Å².